The second-order valence-electron chi connectivity index (χ2n) is 5.14. The molecule has 17 heavy (non-hydrogen) atoms. The molecule has 1 aromatic rings. The molecule has 0 bridgehead atoms. The van der Waals surface area contributed by atoms with Gasteiger partial charge in [0.15, 0.2) is 0 Å². The summed E-state index contributed by atoms with van der Waals surface area (Å²) in [5.74, 6) is 0.476. The molecule has 0 saturated heterocycles. The van der Waals surface area contributed by atoms with Crippen LogP contribution in [0.1, 0.15) is 44.6 Å². The highest BCUT2D eigenvalue weighted by Gasteiger charge is 2.22. The van der Waals surface area contributed by atoms with E-state index in [1.54, 1.807) is 0 Å². The van der Waals surface area contributed by atoms with E-state index in [1.807, 2.05) is 25.1 Å². The first kappa shape index (κ1) is 12.4. The Balaban J connectivity index is 2.03. The van der Waals surface area contributed by atoms with E-state index in [0.717, 1.165) is 5.57 Å². The van der Waals surface area contributed by atoms with Gasteiger partial charge in [-0.15, -0.1) is 0 Å². The Hall–Kier alpha value is -1.08. The van der Waals surface area contributed by atoms with Crippen molar-refractivity contribution in [1.82, 2.24) is 0 Å². The number of aliphatic hydroxyl groups is 1. The lowest BCUT2D eigenvalue weighted by molar-refractivity contribution is 0.116. The fourth-order valence-electron chi connectivity index (χ4n) is 2.72. The molecule has 0 heterocycles. The van der Waals surface area contributed by atoms with Crippen LogP contribution in [0.5, 0.6) is 0 Å². The van der Waals surface area contributed by atoms with Crippen LogP contribution >= 0.6 is 0 Å². The minimum absolute atomic E-state index is 0.254. The number of hydrogen-bond acceptors (Lipinski definition) is 1. The average Bonchev–Trinajstić information content (AvgIpc) is 2.40. The van der Waals surface area contributed by atoms with Crippen LogP contribution in [0.2, 0.25) is 0 Å². The van der Waals surface area contributed by atoms with E-state index in [4.69, 9.17) is 0 Å². The van der Waals surface area contributed by atoms with Crippen LogP contribution in [-0.2, 0) is 0 Å². The highest BCUT2D eigenvalue weighted by molar-refractivity contribution is 5.53. The van der Waals surface area contributed by atoms with Gasteiger partial charge in [-0.25, -0.2) is 0 Å². The van der Waals surface area contributed by atoms with Gasteiger partial charge < -0.3 is 5.11 Å². The van der Waals surface area contributed by atoms with Crippen molar-refractivity contribution in [2.45, 2.75) is 45.1 Å². The van der Waals surface area contributed by atoms with Crippen LogP contribution in [0.25, 0.3) is 6.08 Å². The Morgan fingerprint density at radius 1 is 1.18 bits per heavy atom. The molecular weight excluding hydrogens is 208 g/mol. The lowest BCUT2D eigenvalue weighted by atomic mass is 9.82. The smallest absolute Gasteiger partial charge is 0.0778 e. The molecule has 1 fully saturated rings. The van der Waals surface area contributed by atoms with Crippen LogP contribution in [0.4, 0.5) is 0 Å². The van der Waals surface area contributed by atoms with Gasteiger partial charge in [0.2, 0.25) is 0 Å². The zero-order valence-electron chi connectivity index (χ0n) is 10.6. The van der Waals surface area contributed by atoms with Gasteiger partial charge >= 0.3 is 0 Å². The molecule has 1 nitrogen and oxygen atoms in total. The molecule has 1 N–H and O–H groups in total. The summed E-state index contributed by atoms with van der Waals surface area (Å²) < 4.78 is 0. The van der Waals surface area contributed by atoms with Crippen LogP contribution in [0.15, 0.2) is 35.9 Å². The van der Waals surface area contributed by atoms with E-state index in [-0.39, 0.29) is 6.10 Å². The van der Waals surface area contributed by atoms with Crippen molar-refractivity contribution in [3.63, 3.8) is 0 Å². The molecule has 92 valence electrons. The standard InChI is InChI=1S/C16H22O/c1-13(12-14-8-4-2-5-9-14)16(17)15-10-6-3-7-11-15/h2,4-5,8-9,12,15-17H,3,6-7,10-11H2,1H3/b13-12+/t16-/m0/s1. The zero-order chi connectivity index (χ0) is 12.1. The first-order valence-corrected chi connectivity index (χ1v) is 6.68. The van der Waals surface area contributed by atoms with Gasteiger partial charge in [0.05, 0.1) is 6.10 Å². The molecule has 1 heteroatoms. The molecule has 1 atom stereocenters. The van der Waals surface area contributed by atoms with Crippen LogP contribution in [-0.4, -0.2) is 11.2 Å². The van der Waals surface area contributed by atoms with Crippen molar-refractivity contribution in [1.29, 1.82) is 0 Å². The summed E-state index contributed by atoms with van der Waals surface area (Å²) in [7, 11) is 0. The maximum Gasteiger partial charge on any atom is 0.0778 e. The topological polar surface area (TPSA) is 20.2 Å². The molecule has 1 aliphatic rings. The number of rotatable bonds is 3. The van der Waals surface area contributed by atoms with Crippen molar-refractivity contribution in [3.8, 4) is 0 Å². The molecule has 1 aromatic carbocycles. The number of aliphatic hydroxyl groups excluding tert-OH is 1. The molecule has 1 aliphatic carbocycles. The van der Waals surface area contributed by atoms with Crippen molar-refractivity contribution in [2.24, 2.45) is 5.92 Å². The summed E-state index contributed by atoms with van der Waals surface area (Å²) in [4.78, 5) is 0. The summed E-state index contributed by atoms with van der Waals surface area (Å²) in [5.41, 5.74) is 2.28. The van der Waals surface area contributed by atoms with Crippen LogP contribution < -0.4 is 0 Å². The molecule has 0 spiro atoms. The van der Waals surface area contributed by atoms with Crippen molar-refractivity contribution >= 4 is 6.08 Å². The summed E-state index contributed by atoms with van der Waals surface area (Å²) in [5, 5.41) is 10.3. The lowest BCUT2D eigenvalue weighted by Gasteiger charge is -2.27. The van der Waals surface area contributed by atoms with E-state index < -0.39 is 0 Å². The fraction of sp³-hybridized carbons (Fsp3) is 0.500. The van der Waals surface area contributed by atoms with E-state index in [0.29, 0.717) is 5.92 Å². The highest BCUT2D eigenvalue weighted by Crippen LogP contribution is 2.29. The van der Waals surface area contributed by atoms with Gasteiger partial charge in [-0.3, -0.25) is 0 Å². The largest absolute Gasteiger partial charge is 0.388 e. The van der Waals surface area contributed by atoms with Gasteiger partial charge in [-0.05, 0) is 36.8 Å². The second kappa shape index (κ2) is 6.02. The number of hydrogen-bond donors (Lipinski definition) is 1. The first-order valence-electron chi connectivity index (χ1n) is 6.68. The van der Waals surface area contributed by atoms with Crippen molar-refractivity contribution in [2.75, 3.05) is 0 Å². The summed E-state index contributed by atoms with van der Waals surface area (Å²) in [6.07, 6.45) is 8.11. The maximum atomic E-state index is 10.3. The molecule has 2 rings (SSSR count). The molecule has 0 radical (unpaired) electrons. The molecule has 0 unspecified atom stereocenters. The molecule has 0 amide bonds. The highest BCUT2D eigenvalue weighted by atomic mass is 16.3. The van der Waals surface area contributed by atoms with Crippen LogP contribution in [0.3, 0.4) is 0 Å². The number of benzene rings is 1. The molecule has 0 aliphatic heterocycles. The third-order valence-corrected chi connectivity index (χ3v) is 3.76. The summed E-state index contributed by atoms with van der Waals surface area (Å²) >= 11 is 0. The lowest BCUT2D eigenvalue weighted by Crippen LogP contribution is -2.23. The average molecular weight is 230 g/mol. The first-order chi connectivity index (χ1) is 8.27. The minimum atomic E-state index is -0.254. The van der Waals surface area contributed by atoms with Gasteiger partial charge in [-0.1, -0.05) is 55.7 Å². The Morgan fingerprint density at radius 2 is 1.82 bits per heavy atom. The van der Waals surface area contributed by atoms with Crippen molar-refractivity contribution in [3.05, 3.63) is 41.5 Å². The van der Waals surface area contributed by atoms with E-state index >= 15 is 0 Å². The molecule has 0 aromatic heterocycles. The van der Waals surface area contributed by atoms with E-state index in [2.05, 4.69) is 18.2 Å². The molecular formula is C16H22O. The van der Waals surface area contributed by atoms with Crippen LogP contribution in [0, 0.1) is 5.92 Å². The third-order valence-electron chi connectivity index (χ3n) is 3.76. The third kappa shape index (κ3) is 3.44. The minimum Gasteiger partial charge on any atom is -0.388 e. The predicted molar refractivity (Wildman–Crippen MR) is 72.7 cm³/mol. The van der Waals surface area contributed by atoms with Gasteiger partial charge in [-0.2, -0.15) is 0 Å². The summed E-state index contributed by atoms with van der Waals surface area (Å²) in [6.45, 7) is 2.05. The van der Waals surface area contributed by atoms with E-state index in [9.17, 15) is 5.11 Å². The predicted octanol–water partition coefficient (Wildman–Crippen LogP) is 4.03. The van der Waals surface area contributed by atoms with Crippen molar-refractivity contribution < 1.29 is 5.11 Å². The Bertz CT molecular complexity index is 360. The van der Waals surface area contributed by atoms with Gasteiger partial charge in [0.25, 0.3) is 0 Å². The zero-order valence-corrected chi connectivity index (χ0v) is 10.6. The summed E-state index contributed by atoms with van der Waals surface area (Å²) in [6, 6.07) is 10.2. The quantitative estimate of drug-likeness (QED) is 0.831. The SMILES string of the molecule is C/C(=C\c1ccccc1)[C@H](O)C1CCCCC1. The Kier molecular flexibility index (Phi) is 4.38. The van der Waals surface area contributed by atoms with Gasteiger partial charge in [0, 0.05) is 0 Å². The monoisotopic (exact) mass is 230 g/mol. The second-order valence-corrected chi connectivity index (χ2v) is 5.14. The Labute approximate surface area is 104 Å². The Morgan fingerprint density at radius 3 is 2.47 bits per heavy atom. The molecule has 1 saturated carbocycles. The normalized spacial score (nSPS) is 20.2. The van der Waals surface area contributed by atoms with E-state index in [1.165, 1.54) is 37.7 Å². The maximum absolute atomic E-state index is 10.3. The van der Waals surface area contributed by atoms with Gasteiger partial charge in [0.1, 0.15) is 0 Å². The fourth-order valence-corrected chi connectivity index (χ4v) is 2.72.